The van der Waals surface area contributed by atoms with E-state index in [0.29, 0.717) is 19.3 Å². The standard InChI is InChI=1S/C12H17FO3S/c1-10(14)4-2-3-9-17(15,16)12-7-5-11(13)6-8-12/h5-8,10,14H,2-4,9H2,1H3. The second-order valence-corrected chi connectivity index (χ2v) is 6.23. The molecule has 17 heavy (non-hydrogen) atoms. The number of benzene rings is 1. The quantitative estimate of drug-likeness (QED) is 0.630. The Kier molecular flexibility index (Phi) is 5.08. The Bertz CT molecular complexity index is 437. The SMILES string of the molecule is CC(O)CCCCS(=O)(=O)c1ccc(F)cc1. The van der Waals surface area contributed by atoms with Crippen LogP contribution in [0, 0.1) is 5.82 Å². The van der Waals surface area contributed by atoms with Gasteiger partial charge in [-0.2, -0.15) is 0 Å². The van der Waals surface area contributed by atoms with Crippen LogP contribution in [0.25, 0.3) is 0 Å². The zero-order valence-electron chi connectivity index (χ0n) is 9.77. The van der Waals surface area contributed by atoms with E-state index in [2.05, 4.69) is 0 Å². The van der Waals surface area contributed by atoms with Crippen LogP contribution in [0.5, 0.6) is 0 Å². The van der Waals surface area contributed by atoms with Gasteiger partial charge in [0.2, 0.25) is 0 Å². The topological polar surface area (TPSA) is 54.4 Å². The van der Waals surface area contributed by atoms with Crippen LogP contribution < -0.4 is 0 Å². The third-order valence-electron chi connectivity index (χ3n) is 2.46. The van der Waals surface area contributed by atoms with Crippen molar-refractivity contribution in [3.05, 3.63) is 30.1 Å². The van der Waals surface area contributed by atoms with E-state index in [4.69, 9.17) is 5.11 Å². The van der Waals surface area contributed by atoms with Crippen LogP contribution in [0.2, 0.25) is 0 Å². The number of aliphatic hydroxyl groups excluding tert-OH is 1. The molecular formula is C12H17FO3S. The maximum absolute atomic E-state index is 12.6. The highest BCUT2D eigenvalue weighted by Crippen LogP contribution is 2.14. The lowest BCUT2D eigenvalue weighted by molar-refractivity contribution is 0.181. The molecule has 0 radical (unpaired) electrons. The summed E-state index contributed by atoms with van der Waals surface area (Å²) in [7, 11) is -3.32. The predicted molar refractivity (Wildman–Crippen MR) is 64.0 cm³/mol. The minimum absolute atomic E-state index is 0.0331. The monoisotopic (exact) mass is 260 g/mol. The van der Waals surface area contributed by atoms with E-state index in [1.165, 1.54) is 12.1 Å². The number of unbranched alkanes of at least 4 members (excludes halogenated alkanes) is 1. The summed E-state index contributed by atoms with van der Waals surface area (Å²) in [6.45, 7) is 1.68. The van der Waals surface area contributed by atoms with Gasteiger partial charge in [0.1, 0.15) is 5.82 Å². The third-order valence-corrected chi connectivity index (χ3v) is 4.27. The Morgan fingerprint density at radius 2 is 1.82 bits per heavy atom. The van der Waals surface area contributed by atoms with Gasteiger partial charge in [0, 0.05) is 0 Å². The summed E-state index contributed by atoms with van der Waals surface area (Å²) in [4.78, 5) is 0.149. The summed E-state index contributed by atoms with van der Waals surface area (Å²) in [6, 6.07) is 4.84. The molecule has 0 saturated carbocycles. The normalized spacial score (nSPS) is 13.6. The molecule has 0 spiro atoms. The molecule has 3 nitrogen and oxygen atoms in total. The zero-order chi connectivity index (χ0) is 12.9. The maximum atomic E-state index is 12.6. The van der Waals surface area contributed by atoms with Crippen molar-refractivity contribution in [1.82, 2.24) is 0 Å². The summed E-state index contributed by atoms with van der Waals surface area (Å²) in [6.07, 6.45) is 1.37. The first-order valence-electron chi connectivity index (χ1n) is 5.58. The van der Waals surface area contributed by atoms with Crippen molar-refractivity contribution < 1.29 is 17.9 Å². The van der Waals surface area contributed by atoms with Crippen LogP contribution >= 0.6 is 0 Å². The van der Waals surface area contributed by atoms with Crippen LogP contribution in [0.4, 0.5) is 4.39 Å². The summed E-state index contributed by atoms with van der Waals surface area (Å²) in [5, 5.41) is 9.04. The van der Waals surface area contributed by atoms with Gasteiger partial charge in [-0.25, -0.2) is 12.8 Å². The second-order valence-electron chi connectivity index (χ2n) is 4.12. The molecule has 0 heterocycles. The summed E-state index contributed by atoms with van der Waals surface area (Å²) >= 11 is 0. The van der Waals surface area contributed by atoms with Crippen molar-refractivity contribution >= 4 is 9.84 Å². The van der Waals surface area contributed by atoms with E-state index in [1.807, 2.05) is 0 Å². The smallest absolute Gasteiger partial charge is 0.178 e. The lowest BCUT2D eigenvalue weighted by Crippen LogP contribution is -2.08. The first kappa shape index (κ1) is 14.1. The fourth-order valence-corrected chi connectivity index (χ4v) is 2.86. The van der Waals surface area contributed by atoms with Crippen LogP contribution in [0.15, 0.2) is 29.2 Å². The molecule has 0 aliphatic carbocycles. The Hall–Kier alpha value is -0.940. The molecule has 0 amide bonds. The van der Waals surface area contributed by atoms with E-state index in [0.717, 1.165) is 12.1 Å². The molecule has 0 aliphatic heterocycles. The van der Waals surface area contributed by atoms with Gasteiger partial charge >= 0.3 is 0 Å². The molecule has 0 saturated heterocycles. The number of sulfone groups is 1. The van der Waals surface area contributed by atoms with Gasteiger partial charge in [-0.15, -0.1) is 0 Å². The first-order valence-corrected chi connectivity index (χ1v) is 7.23. The van der Waals surface area contributed by atoms with Crippen LogP contribution in [-0.4, -0.2) is 25.4 Å². The highest BCUT2D eigenvalue weighted by molar-refractivity contribution is 7.91. The van der Waals surface area contributed by atoms with Gasteiger partial charge in [-0.1, -0.05) is 0 Å². The van der Waals surface area contributed by atoms with Gasteiger partial charge in [-0.05, 0) is 50.5 Å². The van der Waals surface area contributed by atoms with Gasteiger partial charge in [0.15, 0.2) is 9.84 Å². The van der Waals surface area contributed by atoms with Crippen molar-refractivity contribution in [2.45, 2.75) is 37.2 Å². The molecule has 0 aliphatic rings. The van der Waals surface area contributed by atoms with Gasteiger partial charge in [0.05, 0.1) is 16.8 Å². The Morgan fingerprint density at radius 1 is 1.24 bits per heavy atom. The Morgan fingerprint density at radius 3 is 2.35 bits per heavy atom. The number of aliphatic hydroxyl groups is 1. The zero-order valence-corrected chi connectivity index (χ0v) is 10.6. The molecule has 1 atom stereocenters. The molecule has 1 aromatic carbocycles. The van der Waals surface area contributed by atoms with Gasteiger partial charge in [0.25, 0.3) is 0 Å². The Balaban J connectivity index is 2.54. The molecule has 1 N–H and O–H groups in total. The largest absolute Gasteiger partial charge is 0.393 e. The number of hydrogen-bond donors (Lipinski definition) is 1. The average Bonchev–Trinajstić information content (AvgIpc) is 2.25. The highest BCUT2D eigenvalue weighted by atomic mass is 32.2. The van der Waals surface area contributed by atoms with Crippen molar-refractivity contribution in [2.75, 3.05) is 5.75 Å². The maximum Gasteiger partial charge on any atom is 0.178 e. The number of hydrogen-bond acceptors (Lipinski definition) is 3. The van der Waals surface area contributed by atoms with E-state index < -0.39 is 21.8 Å². The van der Waals surface area contributed by atoms with Crippen molar-refractivity contribution in [1.29, 1.82) is 0 Å². The fraction of sp³-hybridized carbons (Fsp3) is 0.500. The number of rotatable bonds is 6. The van der Waals surface area contributed by atoms with Crippen molar-refractivity contribution in [3.63, 3.8) is 0 Å². The third kappa shape index (κ3) is 4.83. The average molecular weight is 260 g/mol. The van der Waals surface area contributed by atoms with E-state index in [1.54, 1.807) is 6.92 Å². The number of halogens is 1. The van der Waals surface area contributed by atoms with E-state index >= 15 is 0 Å². The molecule has 1 rings (SSSR count). The van der Waals surface area contributed by atoms with Crippen LogP contribution in [-0.2, 0) is 9.84 Å². The lowest BCUT2D eigenvalue weighted by Gasteiger charge is -2.05. The first-order chi connectivity index (χ1) is 7.92. The molecule has 0 fully saturated rings. The van der Waals surface area contributed by atoms with Crippen molar-refractivity contribution in [2.24, 2.45) is 0 Å². The summed E-state index contributed by atoms with van der Waals surface area (Å²) in [5.41, 5.74) is 0. The molecule has 0 aromatic heterocycles. The van der Waals surface area contributed by atoms with Gasteiger partial charge in [-0.3, -0.25) is 0 Å². The molecule has 0 bridgehead atoms. The molecule has 5 heteroatoms. The minimum atomic E-state index is -3.32. The second kappa shape index (κ2) is 6.12. The minimum Gasteiger partial charge on any atom is -0.393 e. The van der Waals surface area contributed by atoms with E-state index in [-0.39, 0.29) is 10.6 Å². The van der Waals surface area contributed by atoms with Crippen molar-refractivity contribution in [3.8, 4) is 0 Å². The predicted octanol–water partition coefficient (Wildman–Crippen LogP) is 2.15. The highest BCUT2D eigenvalue weighted by Gasteiger charge is 2.13. The van der Waals surface area contributed by atoms with E-state index in [9.17, 15) is 12.8 Å². The molecular weight excluding hydrogens is 243 g/mol. The summed E-state index contributed by atoms with van der Waals surface area (Å²) in [5.74, 6) is -0.413. The van der Waals surface area contributed by atoms with Crippen LogP contribution in [0.1, 0.15) is 26.2 Å². The molecule has 96 valence electrons. The van der Waals surface area contributed by atoms with Crippen LogP contribution in [0.3, 0.4) is 0 Å². The molecule has 1 unspecified atom stereocenters. The Labute approximate surface area is 101 Å². The summed E-state index contributed by atoms with van der Waals surface area (Å²) < 4.78 is 36.3. The van der Waals surface area contributed by atoms with Gasteiger partial charge < -0.3 is 5.11 Å². The molecule has 1 aromatic rings. The lowest BCUT2D eigenvalue weighted by atomic mass is 10.2. The fourth-order valence-electron chi connectivity index (χ4n) is 1.49.